The van der Waals surface area contributed by atoms with Crippen molar-refractivity contribution in [3.63, 3.8) is 0 Å². The highest BCUT2D eigenvalue weighted by molar-refractivity contribution is 7.99. The molecule has 1 aliphatic rings. The molecule has 1 fully saturated rings. The van der Waals surface area contributed by atoms with Crippen molar-refractivity contribution in [1.29, 1.82) is 0 Å². The quantitative estimate of drug-likeness (QED) is 0.747. The third-order valence-corrected chi connectivity index (χ3v) is 6.53. The maximum atomic E-state index is 9.82. The molecule has 2 aromatic heterocycles. The van der Waals surface area contributed by atoms with E-state index in [0.29, 0.717) is 15.7 Å². The second kappa shape index (κ2) is 7.86. The van der Waals surface area contributed by atoms with Gasteiger partial charge in [0.05, 0.1) is 22.9 Å². The number of halogens is 2. The van der Waals surface area contributed by atoms with Crippen LogP contribution in [0.2, 0.25) is 10.2 Å². The van der Waals surface area contributed by atoms with E-state index in [1.165, 1.54) is 11.8 Å². The van der Waals surface area contributed by atoms with Crippen LogP contribution < -0.4 is 10.6 Å². The van der Waals surface area contributed by atoms with Crippen LogP contribution in [0.5, 0.6) is 0 Å². The molecule has 0 spiro atoms. The van der Waals surface area contributed by atoms with Crippen LogP contribution in [0, 0.1) is 6.92 Å². The summed E-state index contributed by atoms with van der Waals surface area (Å²) in [6, 6.07) is 1.78. The van der Waals surface area contributed by atoms with Crippen molar-refractivity contribution in [3.8, 4) is 0 Å². The van der Waals surface area contributed by atoms with Crippen LogP contribution in [0.25, 0.3) is 0 Å². The normalized spacial score (nSPS) is 16.8. The Bertz CT molecular complexity index is 808. The summed E-state index contributed by atoms with van der Waals surface area (Å²) in [5, 5.41) is 11.2. The summed E-state index contributed by atoms with van der Waals surface area (Å²) in [6.45, 7) is 5.64. The zero-order valence-electron chi connectivity index (χ0n) is 14.8. The van der Waals surface area contributed by atoms with Crippen molar-refractivity contribution in [2.24, 2.45) is 0 Å². The molecule has 9 heteroatoms. The van der Waals surface area contributed by atoms with E-state index in [0.717, 1.165) is 42.3 Å². The van der Waals surface area contributed by atoms with Crippen LogP contribution in [-0.2, 0) is 6.61 Å². The van der Waals surface area contributed by atoms with Crippen molar-refractivity contribution in [2.75, 3.05) is 18.0 Å². The Balaban J connectivity index is 1.89. The number of quaternary nitrogens is 1. The smallest absolute Gasteiger partial charge is 0.153 e. The second-order valence-electron chi connectivity index (χ2n) is 6.86. The number of hydrogen-bond donors (Lipinski definition) is 2. The first-order chi connectivity index (χ1) is 12.3. The molecular formula is C17H22Cl2N5OS+. The molecule has 0 bridgehead atoms. The highest BCUT2D eigenvalue weighted by Crippen LogP contribution is 2.37. The average molecular weight is 415 g/mol. The number of pyridine rings is 1. The van der Waals surface area contributed by atoms with Gasteiger partial charge in [0.25, 0.3) is 0 Å². The molecule has 4 N–H and O–H groups in total. The van der Waals surface area contributed by atoms with Crippen LogP contribution in [0.1, 0.15) is 31.2 Å². The van der Waals surface area contributed by atoms with Gasteiger partial charge in [0.15, 0.2) is 5.82 Å². The van der Waals surface area contributed by atoms with E-state index >= 15 is 0 Å². The number of aromatic nitrogens is 3. The summed E-state index contributed by atoms with van der Waals surface area (Å²) in [7, 11) is 0. The first-order valence-corrected chi connectivity index (χ1v) is 9.94. The van der Waals surface area contributed by atoms with E-state index in [9.17, 15) is 5.11 Å². The first kappa shape index (κ1) is 19.6. The maximum Gasteiger partial charge on any atom is 0.153 e. The minimum atomic E-state index is -0.168. The van der Waals surface area contributed by atoms with Crippen molar-refractivity contribution >= 4 is 40.8 Å². The van der Waals surface area contributed by atoms with Crippen LogP contribution in [0.15, 0.2) is 22.2 Å². The summed E-state index contributed by atoms with van der Waals surface area (Å²) >= 11 is 13.6. The molecule has 3 heterocycles. The van der Waals surface area contributed by atoms with E-state index in [1.807, 2.05) is 6.92 Å². The number of aliphatic hydroxyl groups excluding tert-OH is 1. The number of aliphatic hydroxyl groups is 1. The third kappa shape index (κ3) is 4.23. The predicted octanol–water partition coefficient (Wildman–Crippen LogP) is 2.73. The van der Waals surface area contributed by atoms with Crippen molar-refractivity contribution in [1.82, 2.24) is 15.0 Å². The average Bonchev–Trinajstić information content (AvgIpc) is 2.60. The Labute approximate surface area is 167 Å². The molecule has 0 amide bonds. The van der Waals surface area contributed by atoms with Crippen molar-refractivity contribution in [2.45, 2.75) is 48.8 Å². The van der Waals surface area contributed by atoms with E-state index in [1.54, 1.807) is 12.3 Å². The van der Waals surface area contributed by atoms with Crippen LogP contribution in [-0.4, -0.2) is 38.7 Å². The Morgan fingerprint density at radius 1 is 1.31 bits per heavy atom. The summed E-state index contributed by atoms with van der Waals surface area (Å²) < 4.78 is 0. The fourth-order valence-corrected chi connectivity index (χ4v) is 4.14. The van der Waals surface area contributed by atoms with Gasteiger partial charge in [-0.3, -0.25) is 0 Å². The summed E-state index contributed by atoms with van der Waals surface area (Å²) in [5.41, 5.74) is 5.71. The van der Waals surface area contributed by atoms with Crippen LogP contribution >= 0.6 is 35.0 Å². The zero-order valence-corrected chi connectivity index (χ0v) is 17.1. The van der Waals surface area contributed by atoms with E-state index < -0.39 is 0 Å². The molecule has 1 aliphatic heterocycles. The lowest BCUT2D eigenvalue weighted by atomic mass is 9.91. The van der Waals surface area contributed by atoms with Gasteiger partial charge in [0, 0.05) is 37.0 Å². The molecule has 6 nitrogen and oxygen atoms in total. The maximum absolute atomic E-state index is 9.82. The Hall–Kier alpha value is -1.12. The highest BCUT2D eigenvalue weighted by Gasteiger charge is 2.31. The lowest BCUT2D eigenvalue weighted by Crippen LogP contribution is -2.73. The van der Waals surface area contributed by atoms with E-state index in [4.69, 9.17) is 28.2 Å². The zero-order chi connectivity index (χ0) is 18.9. The van der Waals surface area contributed by atoms with Gasteiger partial charge in [-0.1, -0.05) is 35.0 Å². The number of aryl methyl sites for hydroxylation is 1. The fourth-order valence-electron chi connectivity index (χ4n) is 2.82. The van der Waals surface area contributed by atoms with E-state index in [-0.39, 0.29) is 17.3 Å². The van der Waals surface area contributed by atoms with Gasteiger partial charge in [-0.25, -0.2) is 15.0 Å². The van der Waals surface area contributed by atoms with Crippen LogP contribution in [0.4, 0.5) is 5.82 Å². The van der Waals surface area contributed by atoms with E-state index in [2.05, 4.69) is 27.5 Å². The fraction of sp³-hybridized carbons (Fsp3) is 0.471. The monoisotopic (exact) mass is 414 g/mol. The molecule has 0 aromatic carbocycles. The third-order valence-electron chi connectivity index (χ3n) is 4.52. The predicted molar refractivity (Wildman–Crippen MR) is 104 cm³/mol. The Morgan fingerprint density at radius 3 is 2.65 bits per heavy atom. The Kier molecular flexibility index (Phi) is 5.94. The van der Waals surface area contributed by atoms with Crippen LogP contribution in [0.3, 0.4) is 0 Å². The SMILES string of the molecule is Cc1nc(N2CCC(C)([NH3+])CC2)c(CO)nc1Sc1ccnc(Cl)c1Cl. The lowest BCUT2D eigenvalue weighted by Gasteiger charge is -2.35. The van der Waals surface area contributed by atoms with Gasteiger partial charge in [-0.15, -0.1) is 0 Å². The number of hydrogen-bond acceptors (Lipinski definition) is 6. The first-order valence-electron chi connectivity index (χ1n) is 8.37. The van der Waals surface area contributed by atoms with Gasteiger partial charge < -0.3 is 15.7 Å². The topological polar surface area (TPSA) is 89.8 Å². The minimum absolute atomic E-state index is 0.103. The molecule has 0 saturated carbocycles. The highest BCUT2D eigenvalue weighted by atomic mass is 35.5. The second-order valence-corrected chi connectivity index (χ2v) is 8.62. The molecule has 1 saturated heterocycles. The molecule has 3 rings (SSSR count). The molecule has 0 radical (unpaired) electrons. The van der Waals surface area contributed by atoms with Gasteiger partial charge in [-0.05, 0) is 19.9 Å². The lowest BCUT2D eigenvalue weighted by molar-refractivity contribution is -0.475. The van der Waals surface area contributed by atoms with Gasteiger partial charge in [-0.2, -0.15) is 0 Å². The standard InChI is InChI=1S/C17H21Cl2N5OS/c1-10-16(26-12-3-6-21-14(19)13(12)18)23-11(9-25)15(22-10)24-7-4-17(2,20)5-8-24/h3,6,25H,4-5,7-9,20H2,1-2H3/p+1. The van der Waals surface area contributed by atoms with Crippen molar-refractivity contribution in [3.05, 3.63) is 33.8 Å². The summed E-state index contributed by atoms with van der Waals surface area (Å²) in [5.74, 6) is 0.753. The molecule has 2 aromatic rings. The largest absolute Gasteiger partial charge is 0.390 e. The molecule has 140 valence electrons. The number of rotatable bonds is 4. The summed E-state index contributed by atoms with van der Waals surface area (Å²) in [6.07, 6.45) is 3.57. The Morgan fingerprint density at radius 2 is 2.00 bits per heavy atom. The molecule has 0 atom stereocenters. The number of anilines is 1. The molecule has 26 heavy (non-hydrogen) atoms. The summed E-state index contributed by atoms with van der Waals surface area (Å²) in [4.78, 5) is 16.3. The number of nitrogens with zero attached hydrogens (tertiary/aromatic N) is 4. The van der Waals surface area contributed by atoms with Gasteiger partial charge >= 0.3 is 0 Å². The van der Waals surface area contributed by atoms with Gasteiger partial charge in [0.1, 0.15) is 15.9 Å². The minimum Gasteiger partial charge on any atom is -0.390 e. The molecular weight excluding hydrogens is 393 g/mol. The van der Waals surface area contributed by atoms with Crippen molar-refractivity contribution < 1.29 is 10.8 Å². The molecule has 0 aliphatic carbocycles. The van der Waals surface area contributed by atoms with Gasteiger partial charge in [0.2, 0.25) is 0 Å². The molecule has 0 unspecified atom stereocenters. The number of piperidine rings is 1.